The second kappa shape index (κ2) is 4.30. The van der Waals surface area contributed by atoms with Gasteiger partial charge in [0.05, 0.1) is 11.7 Å². The molecule has 0 aromatic carbocycles. The van der Waals surface area contributed by atoms with Gasteiger partial charge in [-0.3, -0.25) is 0 Å². The van der Waals surface area contributed by atoms with Crippen molar-refractivity contribution in [1.82, 2.24) is 4.98 Å². The summed E-state index contributed by atoms with van der Waals surface area (Å²) >= 11 is 0. The zero-order valence-electron chi connectivity index (χ0n) is 6.31. The van der Waals surface area contributed by atoms with Crippen molar-refractivity contribution >= 4 is 5.97 Å². The number of carboxylic acid groups (broad SMARTS) is 1. The number of aromatic hydroxyl groups is 2. The van der Waals surface area contributed by atoms with E-state index >= 15 is 0 Å². The Morgan fingerprint density at radius 1 is 1.42 bits per heavy atom. The van der Waals surface area contributed by atoms with E-state index in [0.717, 1.165) is 12.1 Å². The van der Waals surface area contributed by atoms with E-state index < -0.39 is 23.3 Å². The first-order valence-electron chi connectivity index (χ1n) is 2.71. The summed E-state index contributed by atoms with van der Waals surface area (Å²) in [5, 5.41) is 27.5. The topological polar surface area (TPSA) is 93.5 Å². The molecule has 0 atom stereocenters. The third-order valence-corrected chi connectivity index (χ3v) is 1.06. The van der Waals surface area contributed by atoms with Crippen molar-refractivity contribution in [3.63, 3.8) is 0 Å². The van der Waals surface area contributed by atoms with E-state index in [-0.39, 0.29) is 29.6 Å². The molecule has 12 heavy (non-hydrogen) atoms. The Hall–Kier alpha value is -0.780. The van der Waals surface area contributed by atoms with Gasteiger partial charge in [0.1, 0.15) is 0 Å². The second-order valence-electron chi connectivity index (χ2n) is 1.83. The molecule has 0 saturated carbocycles. The summed E-state index contributed by atoms with van der Waals surface area (Å²) < 4.78 is 0. The quantitative estimate of drug-likeness (QED) is 0.425. The Bertz CT molecular complexity index is 302. The standard InChI is InChI=1S/C6H5NO4.Na/c8-4-2-1-3(6(10)11)7-5(4)9;/h1-2,8H,(H,7,9)(H,10,11);/q;+1/p-1. The fourth-order valence-corrected chi connectivity index (χ4v) is 0.555. The molecule has 0 aliphatic heterocycles. The summed E-state index contributed by atoms with van der Waals surface area (Å²) in [5.74, 6) is -2.68. The predicted octanol–water partition coefficient (Wildman–Crippen LogP) is -4.14. The van der Waals surface area contributed by atoms with Gasteiger partial charge in [-0.05, 0) is 12.1 Å². The summed E-state index contributed by atoms with van der Waals surface area (Å²) in [6, 6.07) is 2.05. The Labute approximate surface area is 90.0 Å². The van der Waals surface area contributed by atoms with E-state index in [9.17, 15) is 9.90 Å². The molecule has 0 unspecified atom stereocenters. The van der Waals surface area contributed by atoms with Crippen molar-refractivity contribution in [2.45, 2.75) is 0 Å². The molecule has 2 N–H and O–H groups in total. The molecule has 0 spiro atoms. The molecular weight excluding hydrogens is 173 g/mol. The van der Waals surface area contributed by atoms with Gasteiger partial charge in [0.2, 0.25) is 0 Å². The SMILES string of the molecule is O=C([O-])c1ccc(O)c(O)n1.[Na+]. The van der Waals surface area contributed by atoms with Crippen LogP contribution < -0.4 is 34.7 Å². The number of carbonyl (C=O) groups excluding carboxylic acids is 1. The number of hydrogen-bond acceptors (Lipinski definition) is 5. The molecular formula is C6H4NNaO4. The van der Waals surface area contributed by atoms with Gasteiger partial charge in [0.15, 0.2) is 5.75 Å². The molecule has 58 valence electrons. The van der Waals surface area contributed by atoms with Crippen LogP contribution >= 0.6 is 0 Å². The molecule has 5 nitrogen and oxygen atoms in total. The summed E-state index contributed by atoms with van der Waals surface area (Å²) in [6.45, 7) is 0. The van der Waals surface area contributed by atoms with Gasteiger partial charge in [0.25, 0.3) is 5.88 Å². The average molecular weight is 177 g/mol. The van der Waals surface area contributed by atoms with Gasteiger partial charge in [-0.15, -0.1) is 0 Å². The van der Waals surface area contributed by atoms with Gasteiger partial charge >= 0.3 is 29.6 Å². The van der Waals surface area contributed by atoms with Crippen LogP contribution in [0.2, 0.25) is 0 Å². The normalized spacial score (nSPS) is 8.67. The number of carbonyl (C=O) groups is 1. The molecule has 0 amide bonds. The van der Waals surface area contributed by atoms with E-state index in [0.29, 0.717) is 0 Å². The van der Waals surface area contributed by atoms with E-state index in [1.165, 1.54) is 0 Å². The monoisotopic (exact) mass is 177 g/mol. The summed E-state index contributed by atoms with van der Waals surface area (Å²) in [6.07, 6.45) is 0. The molecule has 0 aliphatic carbocycles. The van der Waals surface area contributed by atoms with Crippen LogP contribution in [0.1, 0.15) is 10.5 Å². The maximum Gasteiger partial charge on any atom is 1.00 e. The third-order valence-electron chi connectivity index (χ3n) is 1.06. The molecule has 6 heteroatoms. The number of nitrogens with zero attached hydrogens (tertiary/aromatic N) is 1. The fraction of sp³-hybridized carbons (Fsp3) is 0. The Balaban J connectivity index is 0.00000121. The molecule has 0 saturated heterocycles. The predicted molar refractivity (Wildman–Crippen MR) is 31.9 cm³/mol. The van der Waals surface area contributed by atoms with Crippen molar-refractivity contribution in [1.29, 1.82) is 0 Å². The smallest absolute Gasteiger partial charge is 0.543 e. The minimum absolute atomic E-state index is 0. The molecule has 0 bridgehead atoms. The zero-order valence-corrected chi connectivity index (χ0v) is 8.31. The average Bonchev–Trinajstić information content (AvgIpc) is 1.94. The summed E-state index contributed by atoms with van der Waals surface area (Å²) in [7, 11) is 0. The number of carboxylic acids is 1. The Kier molecular flexibility index (Phi) is 4.02. The first-order valence-corrected chi connectivity index (χ1v) is 2.71. The largest absolute Gasteiger partial charge is 1.00 e. The molecule has 1 aromatic heterocycles. The van der Waals surface area contributed by atoms with Crippen molar-refractivity contribution in [2.24, 2.45) is 0 Å². The van der Waals surface area contributed by atoms with Gasteiger partial charge in [-0.2, -0.15) is 0 Å². The van der Waals surface area contributed by atoms with Gasteiger partial charge in [-0.1, -0.05) is 0 Å². The minimum atomic E-state index is -1.50. The van der Waals surface area contributed by atoms with Crippen molar-refractivity contribution < 1.29 is 49.7 Å². The minimum Gasteiger partial charge on any atom is -0.543 e. The van der Waals surface area contributed by atoms with E-state index in [4.69, 9.17) is 10.2 Å². The Morgan fingerprint density at radius 2 is 2.00 bits per heavy atom. The van der Waals surface area contributed by atoms with Gasteiger partial charge in [-0.25, -0.2) is 4.98 Å². The molecule has 1 heterocycles. The first kappa shape index (κ1) is 11.2. The molecule has 1 rings (SSSR count). The van der Waals surface area contributed by atoms with E-state index in [2.05, 4.69) is 4.98 Å². The van der Waals surface area contributed by atoms with Crippen LogP contribution in [-0.2, 0) is 0 Å². The van der Waals surface area contributed by atoms with E-state index in [1.807, 2.05) is 0 Å². The van der Waals surface area contributed by atoms with Crippen LogP contribution in [-0.4, -0.2) is 21.2 Å². The maximum atomic E-state index is 10.1. The van der Waals surface area contributed by atoms with Crippen molar-refractivity contribution in [3.05, 3.63) is 17.8 Å². The fourth-order valence-electron chi connectivity index (χ4n) is 0.555. The molecule has 1 aromatic rings. The van der Waals surface area contributed by atoms with Crippen molar-refractivity contribution in [2.75, 3.05) is 0 Å². The number of aromatic carboxylic acids is 1. The van der Waals surface area contributed by atoms with Crippen LogP contribution in [0.3, 0.4) is 0 Å². The van der Waals surface area contributed by atoms with Gasteiger partial charge in [0, 0.05) is 0 Å². The van der Waals surface area contributed by atoms with E-state index in [1.54, 1.807) is 0 Å². The van der Waals surface area contributed by atoms with Crippen LogP contribution in [0.4, 0.5) is 0 Å². The molecule has 0 radical (unpaired) electrons. The number of pyridine rings is 1. The molecule has 0 fully saturated rings. The van der Waals surface area contributed by atoms with Crippen LogP contribution in [0.25, 0.3) is 0 Å². The van der Waals surface area contributed by atoms with Crippen LogP contribution in [0.15, 0.2) is 12.1 Å². The van der Waals surface area contributed by atoms with Gasteiger partial charge < -0.3 is 20.1 Å². The summed E-state index contributed by atoms with van der Waals surface area (Å²) in [4.78, 5) is 13.2. The third kappa shape index (κ3) is 2.37. The number of aromatic nitrogens is 1. The maximum absolute atomic E-state index is 10.1. The zero-order chi connectivity index (χ0) is 8.43. The Morgan fingerprint density at radius 3 is 2.42 bits per heavy atom. The number of rotatable bonds is 1. The molecule has 0 aliphatic rings. The van der Waals surface area contributed by atoms with Crippen molar-refractivity contribution in [3.8, 4) is 11.6 Å². The summed E-state index contributed by atoms with van der Waals surface area (Å²) in [5.41, 5.74) is -0.416. The number of hydrogen-bond donors (Lipinski definition) is 2. The van der Waals surface area contributed by atoms with Crippen LogP contribution in [0, 0.1) is 0 Å². The first-order chi connectivity index (χ1) is 5.11. The van der Waals surface area contributed by atoms with Crippen LogP contribution in [0.5, 0.6) is 11.6 Å². The second-order valence-corrected chi connectivity index (χ2v) is 1.83.